The molecule has 0 unspecified atom stereocenters. The Morgan fingerprint density at radius 1 is 1.04 bits per heavy atom. The number of carbonyl (C=O) groups is 1. The Kier molecular flexibility index (Phi) is 4.76. The number of para-hydroxylation sites is 2. The van der Waals surface area contributed by atoms with E-state index in [9.17, 15) is 13.2 Å². The molecule has 3 aromatic rings. The van der Waals surface area contributed by atoms with Gasteiger partial charge in [-0.3, -0.25) is 9.52 Å². The third-order valence-corrected chi connectivity index (χ3v) is 4.41. The molecule has 0 atom stereocenters. The molecular weight excluding hydrogens is 338 g/mol. The van der Waals surface area contributed by atoms with Crippen molar-refractivity contribution in [3.05, 3.63) is 65.9 Å². The van der Waals surface area contributed by atoms with E-state index in [1.165, 1.54) is 0 Å². The third-order valence-electron chi connectivity index (χ3n) is 3.81. The highest BCUT2D eigenvalue weighted by molar-refractivity contribution is 7.92. The fraction of sp³-hybridized carbons (Fsp3) is 0.167. The standard InChI is InChI=1S/C18H19N3O3S/c1-25(23,24)21-16-8-4-2-6-13(16)11-20-18(22)10-14-12-19-17-9-5-3-7-15(14)17/h2-9,12,19,21H,10-11H2,1H3,(H,20,22). The first-order valence-corrected chi connectivity index (χ1v) is 9.69. The van der Waals surface area contributed by atoms with Gasteiger partial charge in [-0.05, 0) is 23.3 Å². The maximum atomic E-state index is 12.3. The van der Waals surface area contributed by atoms with E-state index in [4.69, 9.17) is 0 Å². The minimum atomic E-state index is -3.37. The number of hydrogen-bond acceptors (Lipinski definition) is 3. The Bertz CT molecular complexity index is 1010. The molecule has 0 radical (unpaired) electrons. The molecule has 1 amide bonds. The van der Waals surface area contributed by atoms with Crippen LogP contribution in [0.25, 0.3) is 10.9 Å². The molecule has 25 heavy (non-hydrogen) atoms. The summed E-state index contributed by atoms with van der Waals surface area (Å²) in [4.78, 5) is 15.4. The van der Waals surface area contributed by atoms with Gasteiger partial charge in [0.1, 0.15) is 0 Å². The van der Waals surface area contributed by atoms with Crippen molar-refractivity contribution in [1.82, 2.24) is 10.3 Å². The number of aromatic amines is 1. The number of rotatable bonds is 6. The van der Waals surface area contributed by atoms with Gasteiger partial charge >= 0.3 is 0 Å². The summed E-state index contributed by atoms with van der Waals surface area (Å²) in [7, 11) is -3.37. The van der Waals surface area contributed by atoms with E-state index >= 15 is 0 Å². The highest BCUT2D eigenvalue weighted by Gasteiger charge is 2.11. The summed E-state index contributed by atoms with van der Waals surface area (Å²) in [6.45, 7) is 0.250. The molecule has 0 spiro atoms. The molecule has 7 heteroatoms. The van der Waals surface area contributed by atoms with E-state index in [0.717, 1.165) is 22.7 Å². The summed E-state index contributed by atoms with van der Waals surface area (Å²) in [6.07, 6.45) is 3.19. The number of benzene rings is 2. The number of nitrogens with one attached hydrogen (secondary N) is 3. The van der Waals surface area contributed by atoms with E-state index in [1.807, 2.05) is 30.5 Å². The SMILES string of the molecule is CS(=O)(=O)Nc1ccccc1CNC(=O)Cc1c[nH]c2ccccc12. The van der Waals surface area contributed by atoms with Gasteiger partial charge in [0.25, 0.3) is 0 Å². The summed E-state index contributed by atoms with van der Waals surface area (Å²) < 4.78 is 25.3. The number of sulfonamides is 1. The van der Waals surface area contributed by atoms with Gasteiger partial charge < -0.3 is 10.3 Å². The summed E-state index contributed by atoms with van der Waals surface area (Å²) in [6, 6.07) is 14.8. The maximum Gasteiger partial charge on any atom is 0.229 e. The zero-order valence-electron chi connectivity index (χ0n) is 13.7. The Hall–Kier alpha value is -2.80. The van der Waals surface area contributed by atoms with Crippen LogP contribution < -0.4 is 10.0 Å². The van der Waals surface area contributed by atoms with Crippen molar-refractivity contribution < 1.29 is 13.2 Å². The Morgan fingerprint density at radius 3 is 2.56 bits per heavy atom. The van der Waals surface area contributed by atoms with Crippen LogP contribution in [0.5, 0.6) is 0 Å². The summed E-state index contributed by atoms with van der Waals surface area (Å²) in [5.74, 6) is -0.126. The molecule has 0 fully saturated rings. The lowest BCUT2D eigenvalue weighted by Crippen LogP contribution is -2.25. The van der Waals surface area contributed by atoms with E-state index in [0.29, 0.717) is 11.3 Å². The molecule has 2 aromatic carbocycles. The molecule has 0 aliphatic heterocycles. The Morgan fingerprint density at radius 2 is 1.76 bits per heavy atom. The summed E-state index contributed by atoms with van der Waals surface area (Å²) >= 11 is 0. The predicted octanol–water partition coefficient (Wildman–Crippen LogP) is 2.40. The van der Waals surface area contributed by atoms with Crippen LogP contribution in [-0.2, 0) is 27.8 Å². The monoisotopic (exact) mass is 357 g/mol. The van der Waals surface area contributed by atoms with Gasteiger partial charge in [-0.1, -0.05) is 36.4 Å². The normalized spacial score (nSPS) is 11.4. The quantitative estimate of drug-likeness (QED) is 0.633. The molecular formula is C18H19N3O3S. The largest absolute Gasteiger partial charge is 0.361 e. The van der Waals surface area contributed by atoms with Crippen LogP contribution in [0.2, 0.25) is 0 Å². The molecule has 130 valence electrons. The van der Waals surface area contributed by atoms with Gasteiger partial charge in [0.2, 0.25) is 15.9 Å². The van der Waals surface area contributed by atoms with Crippen LogP contribution in [0.4, 0.5) is 5.69 Å². The van der Waals surface area contributed by atoms with Crippen LogP contribution in [0, 0.1) is 0 Å². The lowest BCUT2D eigenvalue weighted by molar-refractivity contribution is -0.120. The second-order valence-corrected chi connectivity index (χ2v) is 7.59. The van der Waals surface area contributed by atoms with Crippen molar-refractivity contribution in [2.24, 2.45) is 0 Å². The highest BCUT2D eigenvalue weighted by atomic mass is 32.2. The first-order valence-electron chi connectivity index (χ1n) is 7.80. The van der Waals surface area contributed by atoms with Crippen LogP contribution in [0.1, 0.15) is 11.1 Å². The minimum absolute atomic E-state index is 0.126. The first-order chi connectivity index (χ1) is 11.9. The van der Waals surface area contributed by atoms with Crippen LogP contribution in [-0.4, -0.2) is 25.6 Å². The maximum absolute atomic E-state index is 12.3. The predicted molar refractivity (Wildman–Crippen MR) is 98.8 cm³/mol. The first kappa shape index (κ1) is 17.0. The molecule has 6 nitrogen and oxygen atoms in total. The summed E-state index contributed by atoms with van der Waals surface area (Å²) in [5.41, 5.74) is 3.10. The number of anilines is 1. The van der Waals surface area contributed by atoms with Crippen molar-refractivity contribution in [2.45, 2.75) is 13.0 Å². The smallest absolute Gasteiger partial charge is 0.229 e. The van der Waals surface area contributed by atoms with Gasteiger partial charge in [-0.25, -0.2) is 8.42 Å². The second kappa shape index (κ2) is 6.98. The zero-order chi connectivity index (χ0) is 17.9. The van der Waals surface area contributed by atoms with Crippen molar-refractivity contribution in [1.29, 1.82) is 0 Å². The van der Waals surface area contributed by atoms with Crippen LogP contribution >= 0.6 is 0 Å². The Balaban J connectivity index is 1.67. The average Bonchev–Trinajstić information content (AvgIpc) is 2.96. The number of H-pyrrole nitrogens is 1. The fourth-order valence-electron chi connectivity index (χ4n) is 2.68. The Labute approximate surface area is 146 Å². The van der Waals surface area contributed by atoms with E-state index in [-0.39, 0.29) is 18.9 Å². The molecule has 3 N–H and O–H groups in total. The molecule has 1 heterocycles. The van der Waals surface area contributed by atoms with Gasteiger partial charge in [0.05, 0.1) is 18.4 Å². The lowest BCUT2D eigenvalue weighted by atomic mass is 10.1. The lowest BCUT2D eigenvalue weighted by Gasteiger charge is -2.11. The van der Waals surface area contributed by atoms with Crippen LogP contribution in [0.15, 0.2) is 54.7 Å². The molecule has 0 aliphatic rings. The number of fused-ring (bicyclic) bond motifs is 1. The van der Waals surface area contributed by atoms with Crippen molar-refractivity contribution in [2.75, 3.05) is 11.0 Å². The fourth-order valence-corrected chi connectivity index (χ4v) is 3.28. The van der Waals surface area contributed by atoms with Gasteiger partial charge in [-0.15, -0.1) is 0 Å². The second-order valence-electron chi connectivity index (χ2n) is 5.84. The number of aromatic nitrogens is 1. The molecule has 0 aliphatic carbocycles. The van der Waals surface area contributed by atoms with Crippen LogP contribution in [0.3, 0.4) is 0 Å². The molecule has 0 bridgehead atoms. The van der Waals surface area contributed by atoms with Crippen molar-refractivity contribution >= 4 is 32.5 Å². The number of carbonyl (C=O) groups excluding carboxylic acids is 1. The summed E-state index contributed by atoms with van der Waals surface area (Å²) in [5, 5.41) is 3.87. The van der Waals surface area contributed by atoms with E-state index < -0.39 is 10.0 Å². The van der Waals surface area contributed by atoms with Crippen molar-refractivity contribution in [3.8, 4) is 0 Å². The molecule has 1 aromatic heterocycles. The molecule has 3 rings (SSSR count). The number of amides is 1. The molecule has 0 saturated heterocycles. The third kappa shape index (κ3) is 4.39. The highest BCUT2D eigenvalue weighted by Crippen LogP contribution is 2.19. The van der Waals surface area contributed by atoms with Gasteiger partial charge in [0.15, 0.2) is 0 Å². The van der Waals surface area contributed by atoms with Gasteiger partial charge in [-0.2, -0.15) is 0 Å². The van der Waals surface area contributed by atoms with E-state index in [1.54, 1.807) is 24.3 Å². The number of hydrogen-bond donors (Lipinski definition) is 3. The molecule has 0 saturated carbocycles. The topological polar surface area (TPSA) is 91.1 Å². The average molecular weight is 357 g/mol. The van der Waals surface area contributed by atoms with Gasteiger partial charge in [0, 0.05) is 23.6 Å². The van der Waals surface area contributed by atoms with E-state index in [2.05, 4.69) is 15.0 Å². The zero-order valence-corrected chi connectivity index (χ0v) is 14.6. The van der Waals surface area contributed by atoms with Crippen molar-refractivity contribution in [3.63, 3.8) is 0 Å². The minimum Gasteiger partial charge on any atom is -0.361 e.